The summed E-state index contributed by atoms with van der Waals surface area (Å²) < 4.78 is 11.6. The third-order valence-electron chi connectivity index (χ3n) is 15.1. The molecule has 0 aliphatic rings. The lowest BCUT2D eigenvalue weighted by molar-refractivity contribution is 0.669. The molecule has 16 aromatic rings. The minimum Gasteiger partial charge on any atom is -0.456 e. The van der Waals surface area contributed by atoms with Crippen LogP contribution < -0.4 is 0 Å². The molecule has 73 heavy (non-hydrogen) atoms. The van der Waals surface area contributed by atoms with E-state index in [-0.39, 0.29) is 0 Å². The summed E-state index contributed by atoms with van der Waals surface area (Å²) in [5.41, 5.74) is 11.0. The standard InChI is InChI=1S/C67H39N5O/c1-2-20-45(21-3-1)71-55-28-11-10-24-50(55)62-51(26-13-29-56(62)71)66-68-65(49-25-12-19-40-15-6-8-22-47(40)49)69-67(70-66)52-27-14-30-59-63(52)64-53-39-46(34-31-42(53)33-36-60(64)73-59)72-57-35-32-41-16-7-9-23-48(41)61(57)54-37-43-17-4-5-18-44(43)38-58(54)72/h1-39H. The fraction of sp³-hybridized carbons (Fsp3) is 0. The van der Waals surface area contributed by atoms with Crippen molar-refractivity contribution in [3.63, 3.8) is 0 Å². The molecule has 0 amide bonds. The van der Waals surface area contributed by atoms with Gasteiger partial charge in [-0.25, -0.2) is 15.0 Å². The molecular weight excluding hydrogens is 891 g/mol. The van der Waals surface area contributed by atoms with Crippen molar-refractivity contribution in [1.82, 2.24) is 24.1 Å². The molecule has 6 heteroatoms. The van der Waals surface area contributed by atoms with E-state index < -0.39 is 0 Å². The fourth-order valence-electron chi connectivity index (χ4n) is 11.9. The Balaban J connectivity index is 0.974. The van der Waals surface area contributed by atoms with Crippen LogP contribution in [0.4, 0.5) is 0 Å². The molecule has 0 radical (unpaired) electrons. The molecule has 6 nitrogen and oxygen atoms in total. The molecule has 16 rings (SSSR count). The van der Waals surface area contributed by atoms with Crippen LogP contribution in [0.5, 0.6) is 0 Å². The van der Waals surface area contributed by atoms with Crippen LogP contribution in [0.15, 0.2) is 241 Å². The van der Waals surface area contributed by atoms with Crippen molar-refractivity contribution in [3.8, 4) is 45.5 Å². The van der Waals surface area contributed by atoms with E-state index in [4.69, 9.17) is 19.4 Å². The molecule has 0 spiro atoms. The zero-order valence-electron chi connectivity index (χ0n) is 39.2. The summed E-state index contributed by atoms with van der Waals surface area (Å²) >= 11 is 0. The largest absolute Gasteiger partial charge is 0.456 e. The van der Waals surface area contributed by atoms with Gasteiger partial charge in [-0.2, -0.15) is 0 Å². The van der Waals surface area contributed by atoms with Crippen LogP contribution in [-0.4, -0.2) is 24.1 Å². The van der Waals surface area contributed by atoms with Gasteiger partial charge in [-0.05, 0) is 110 Å². The summed E-state index contributed by atoms with van der Waals surface area (Å²) in [6.45, 7) is 0. The lowest BCUT2D eigenvalue weighted by atomic mass is 9.99. The monoisotopic (exact) mass is 929 g/mol. The third-order valence-corrected chi connectivity index (χ3v) is 15.1. The Morgan fingerprint density at radius 2 is 0.795 bits per heavy atom. The number of benzene rings is 12. The van der Waals surface area contributed by atoms with Gasteiger partial charge in [0.05, 0.1) is 22.1 Å². The van der Waals surface area contributed by atoms with E-state index in [0.717, 1.165) is 104 Å². The summed E-state index contributed by atoms with van der Waals surface area (Å²) in [6.07, 6.45) is 0. The molecule has 0 aliphatic heterocycles. The van der Waals surface area contributed by atoms with Crippen molar-refractivity contribution in [2.45, 2.75) is 0 Å². The second-order valence-corrected chi connectivity index (χ2v) is 19.1. The second-order valence-electron chi connectivity index (χ2n) is 19.1. The zero-order valence-corrected chi connectivity index (χ0v) is 39.2. The maximum absolute atomic E-state index is 6.85. The van der Waals surface area contributed by atoms with Gasteiger partial charge in [0.2, 0.25) is 0 Å². The van der Waals surface area contributed by atoms with Gasteiger partial charge in [0, 0.05) is 60.4 Å². The molecule has 12 aromatic carbocycles. The highest BCUT2D eigenvalue weighted by Crippen LogP contribution is 2.44. The van der Waals surface area contributed by atoms with Crippen LogP contribution in [0, 0.1) is 0 Å². The quantitative estimate of drug-likeness (QED) is 0.173. The van der Waals surface area contributed by atoms with E-state index in [1.807, 2.05) is 0 Å². The van der Waals surface area contributed by atoms with Crippen molar-refractivity contribution in [1.29, 1.82) is 0 Å². The lowest BCUT2D eigenvalue weighted by Crippen LogP contribution is -2.01. The van der Waals surface area contributed by atoms with Crippen LogP contribution in [0.1, 0.15) is 0 Å². The maximum Gasteiger partial charge on any atom is 0.164 e. The Morgan fingerprint density at radius 1 is 0.260 bits per heavy atom. The number of hydrogen-bond acceptors (Lipinski definition) is 4. The Kier molecular flexibility index (Phi) is 8.36. The van der Waals surface area contributed by atoms with Crippen LogP contribution in [0.25, 0.3) is 154 Å². The molecule has 0 N–H and O–H groups in total. The van der Waals surface area contributed by atoms with Gasteiger partial charge in [0.15, 0.2) is 17.5 Å². The van der Waals surface area contributed by atoms with Gasteiger partial charge < -0.3 is 13.6 Å². The summed E-state index contributed by atoms with van der Waals surface area (Å²) in [6, 6.07) is 84.4. The summed E-state index contributed by atoms with van der Waals surface area (Å²) in [5.74, 6) is 1.76. The molecule has 4 aromatic heterocycles. The SMILES string of the molecule is c1ccc(-n2c3ccccc3c3c(-c4nc(-c5cccc6ccccc56)nc(-c5cccc6oc7ccc8ccc(-n9c%10cc%11ccccc%11cc%10c%10c%11ccccc%11ccc%109)cc8c7c56)n4)cccc32)cc1. The molecule has 0 saturated heterocycles. The van der Waals surface area contributed by atoms with Gasteiger partial charge in [-0.3, -0.25) is 0 Å². The smallest absolute Gasteiger partial charge is 0.164 e. The molecule has 0 bridgehead atoms. The first-order valence-electron chi connectivity index (χ1n) is 24.8. The van der Waals surface area contributed by atoms with Gasteiger partial charge in [0.1, 0.15) is 11.2 Å². The summed E-state index contributed by atoms with van der Waals surface area (Å²) in [5, 5.41) is 15.9. The Bertz CT molecular complexity index is 4980. The number of para-hydroxylation sites is 2. The molecule has 0 unspecified atom stereocenters. The van der Waals surface area contributed by atoms with Crippen molar-refractivity contribution >= 4 is 109 Å². The van der Waals surface area contributed by atoms with Crippen molar-refractivity contribution < 1.29 is 4.42 Å². The maximum atomic E-state index is 6.85. The first-order valence-corrected chi connectivity index (χ1v) is 24.8. The van der Waals surface area contributed by atoms with Crippen molar-refractivity contribution in [3.05, 3.63) is 237 Å². The van der Waals surface area contributed by atoms with Crippen LogP contribution in [-0.2, 0) is 0 Å². The highest BCUT2D eigenvalue weighted by molar-refractivity contribution is 6.25. The average molecular weight is 930 g/mol. The molecular formula is C67H39N5O. The minimum absolute atomic E-state index is 0.569. The van der Waals surface area contributed by atoms with Gasteiger partial charge in [-0.1, -0.05) is 170 Å². The number of hydrogen-bond donors (Lipinski definition) is 0. The van der Waals surface area contributed by atoms with Crippen molar-refractivity contribution in [2.24, 2.45) is 0 Å². The first kappa shape index (κ1) is 39.9. The van der Waals surface area contributed by atoms with Gasteiger partial charge >= 0.3 is 0 Å². The minimum atomic E-state index is 0.569. The fourth-order valence-corrected chi connectivity index (χ4v) is 11.9. The van der Waals surface area contributed by atoms with E-state index >= 15 is 0 Å². The van der Waals surface area contributed by atoms with E-state index in [1.54, 1.807) is 0 Å². The Hall–Kier alpha value is -9.91. The van der Waals surface area contributed by atoms with Crippen LogP contribution in [0.3, 0.4) is 0 Å². The predicted molar refractivity (Wildman–Crippen MR) is 302 cm³/mol. The molecule has 4 heterocycles. The molecule has 0 aliphatic carbocycles. The third kappa shape index (κ3) is 5.89. The first-order chi connectivity index (χ1) is 36.2. The van der Waals surface area contributed by atoms with E-state index in [1.165, 1.54) is 32.3 Å². The number of rotatable bonds is 5. The molecule has 0 fully saturated rings. The molecule has 338 valence electrons. The number of fused-ring (bicyclic) bond motifs is 15. The second kappa shape index (κ2) is 15.3. The Labute approximate surface area is 417 Å². The van der Waals surface area contributed by atoms with Crippen LogP contribution >= 0.6 is 0 Å². The summed E-state index contributed by atoms with van der Waals surface area (Å²) in [4.78, 5) is 16.4. The van der Waals surface area contributed by atoms with E-state index in [2.05, 4.69) is 246 Å². The lowest BCUT2D eigenvalue weighted by Gasteiger charge is -2.13. The summed E-state index contributed by atoms with van der Waals surface area (Å²) in [7, 11) is 0. The van der Waals surface area contributed by atoms with E-state index in [0.29, 0.717) is 17.5 Å². The molecule has 0 atom stereocenters. The van der Waals surface area contributed by atoms with Gasteiger partial charge in [0.25, 0.3) is 0 Å². The number of nitrogens with zero attached hydrogens (tertiary/aromatic N) is 5. The average Bonchev–Trinajstić information content (AvgIpc) is 4.12. The topological polar surface area (TPSA) is 61.7 Å². The zero-order chi connectivity index (χ0) is 47.7. The normalized spacial score (nSPS) is 12.1. The highest BCUT2D eigenvalue weighted by Gasteiger charge is 2.24. The van der Waals surface area contributed by atoms with E-state index in [9.17, 15) is 0 Å². The van der Waals surface area contributed by atoms with Crippen molar-refractivity contribution in [2.75, 3.05) is 0 Å². The van der Waals surface area contributed by atoms with Crippen LogP contribution in [0.2, 0.25) is 0 Å². The Morgan fingerprint density at radius 3 is 1.62 bits per heavy atom. The van der Waals surface area contributed by atoms with Gasteiger partial charge in [-0.15, -0.1) is 0 Å². The highest BCUT2D eigenvalue weighted by atomic mass is 16.3. The predicted octanol–water partition coefficient (Wildman–Crippen LogP) is 17.6. The molecule has 0 saturated carbocycles. The number of aromatic nitrogens is 5. The number of furan rings is 1.